The monoisotopic (exact) mass is 540 g/mol. The first-order chi connectivity index (χ1) is 20.7. The number of benzene rings is 4. The highest BCUT2D eigenvalue weighted by Crippen LogP contribution is 2.47. The lowest BCUT2D eigenvalue weighted by Gasteiger charge is -2.22. The molecular formula is C40H32N2. The Bertz CT molecular complexity index is 1910. The molecule has 0 fully saturated rings. The zero-order valence-electron chi connectivity index (χ0n) is 24.0. The minimum Gasteiger partial charge on any atom is -0.265 e. The van der Waals surface area contributed by atoms with Gasteiger partial charge in [0, 0.05) is 24.8 Å². The Morgan fingerprint density at radius 3 is 1.29 bits per heavy atom. The zero-order chi connectivity index (χ0) is 29.1. The van der Waals surface area contributed by atoms with Crippen LogP contribution in [0.3, 0.4) is 0 Å². The summed E-state index contributed by atoms with van der Waals surface area (Å²) in [4.78, 5) is 8.60. The Morgan fingerprint density at radius 1 is 0.548 bits per heavy atom. The van der Waals surface area contributed by atoms with Gasteiger partial charge < -0.3 is 0 Å². The molecule has 0 bridgehead atoms. The van der Waals surface area contributed by atoms with Crippen LogP contribution in [-0.2, 0) is 0 Å². The minimum absolute atomic E-state index is 1.12. The third kappa shape index (κ3) is 4.57. The molecule has 6 rings (SSSR count). The SMILES string of the molecule is C=C/C=C(\C=C/C)c1cc(-c2ccncc2)c2ccc3c(-c4ccncc4)cc(C(/C=C\C)=C/C=C)c4ccc1c2c43. The van der Waals surface area contributed by atoms with E-state index in [2.05, 4.69) is 134 Å². The standard InChI is InChI=1S/C40H32N2/c1-5-9-27(10-6-2)35-25-37(29-17-21-41-22-18-29)33-15-16-34-38(30-19-23-42-24-20-30)26-36(28(11-7-3)12-8-4)32-14-13-31(35)39(33)40(32)34/h5-26H,1,3H2,2,4H3/b10-6-,12-8-,27-9+,28-11+. The first-order valence-electron chi connectivity index (χ1n) is 14.2. The number of pyridine rings is 2. The quantitative estimate of drug-likeness (QED) is 0.142. The van der Waals surface area contributed by atoms with Gasteiger partial charge in [0.1, 0.15) is 0 Å². The van der Waals surface area contributed by atoms with Crippen molar-refractivity contribution in [2.75, 3.05) is 0 Å². The summed E-state index contributed by atoms with van der Waals surface area (Å²) in [6, 6.07) is 22.1. The van der Waals surface area contributed by atoms with E-state index in [4.69, 9.17) is 0 Å². The molecule has 0 atom stereocenters. The molecular weight excluding hydrogens is 508 g/mol. The van der Waals surface area contributed by atoms with Crippen LogP contribution in [0.4, 0.5) is 0 Å². The number of allylic oxidation sites excluding steroid dienone is 10. The normalized spacial score (nSPS) is 12.8. The summed E-state index contributed by atoms with van der Waals surface area (Å²) in [6.07, 6.45) is 23.9. The molecule has 0 saturated carbocycles. The molecule has 4 aromatic carbocycles. The minimum atomic E-state index is 1.12. The van der Waals surface area contributed by atoms with Crippen molar-refractivity contribution < 1.29 is 0 Å². The highest BCUT2D eigenvalue weighted by molar-refractivity contribution is 6.30. The number of nitrogens with zero attached hydrogens (tertiary/aromatic N) is 2. The summed E-state index contributed by atoms with van der Waals surface area (Å²) in [5.74, 6) is 0. The van der Waals surface area contributed by atoms with E-state index in [1.54, 1.807) is 0 Å². The van der Waals surface area contributed by atoms with Gasteiger partial charge in [0.05, 0.1) is 0 Å². The molecule has 2 heteroatoms. The van der Waals surface area contributed by atoms with E-state index in [0.29, 0.717) is 0 Å². The van der Waals surface area contributed by atoms with Crippen LogP contribution >= 0.6 is 0 Å². The molecule has 0 unspecified atom stereocenters. The highest BCUT2D eigenvalue weighted by Gasteiger charge is 2.21. The van der Waals surface area contributed by atoms with E-state index in [1.807, 2.05) is 36.9 Å². The lowest BCUT2D eigenvalue weighted by Crippen LogP contribution is -1.96. The van der Waals surface area contributed by atoms with Crippen molar-refractivity contribution in [1.82, 2.24) is 9.97 Å². The smallest absolute Gasteiger partial charge is 0.0273 e. The number of rotatable bonds is 8. The van der Waals surface area contributed by atoms with E-state index in [-0.39, 0.29) is 0 Å². The zero-order valence-corrected chi connectivity index (χ0v) is 24.0. The van der Waals surface area contributed by atoms with Crippen LogP contribution in [0.1, 0.15) is 25.0 Å². The molecule has 2 aromatic heterocycles. The Kier molecular flexibility index (Phi) is 7.45. The van der Waals surface area contributed by atoms with E-state index in [9.17, 15) is 0 Å². The molecule has 0 amide bonds. The summed E-state index contributed by atoms with van der Waals surface area (Å²) >= 11 is 0. The van der Waals surface area contributed by atoms with Crippen LogP contribution in [0.15, 0.2) is 147 Å². The van der Waals surface area contributed by atoms with Gasteiger partial charge in [-0.1, -0.05) is 86.0 Å². The van der Waals surface area contributed by atoms with Gasteiger partial charge in [-0.25, -0.2) is 0 Å². The van der Waals surface area contributed by atoms with Gasteiger partial charge in [-0.05, 0) is 127 Å². The first-order valence-corrected chi connectivity index (χ1v) is 14.2. The summed E-state index contributed by atoms with van der Waals surface area (Å²) in [5.41, 5.74) is 9.23. The van der Waals surface area contributed by atoms with E-state index < -0.39 is 0 Å². The predicted octanol–water partition coefficient (Wildman–Crippen LogP) is 11.0. The Labute approximate surface area is 247 Å². The number of hydrogen-bond donors (Lipinski definition) is 0. The maximum absolute atomic E-state index is 4.30. The molecule has 6 aromatic rings. The Hall–Kier alpha value is -5.34. The van der Waals surface area contributed by atoms with Crippen molar-refractivity contribution >= 4 is 43.5 Å². The average molecular weight is 541 g/mol. The van der Waals surface area contributed by atoms with E-state index in [1.165, 1.54) is 54.6 Å². The van der Waals surface area contributed by atoms with Crippen molar-refractivity contribution in [3.05, 3.63) is 158 Å². The molecule has 202 valence electrons. The third-order valence-electron chi connectivity index (χ3n) is 7.79. The first kappa shape index (κ1) is 26.9. The average Bonchev–Trinajstić information content (AvgIpc) is 3.04. The van der Waals surface area contributed by atoms with Gasteiger partial charge in [0.2, 0.25) is 0 Å². The summed E-state index contributed by atoms with van der Waals surface area (Å²) in [6.45, 7) is 12.1. The highest BCUT2D eigenvalue weighted by atomic mass is 14.6. The van der Waals surface area contributed by atoms with Crippen LogP contribution in [0, 0.1) is 0 Å². The van der Waals surface area contributed by atoms with Crippen molar-refractivity contribution in [1.29, 1.82) is 0 Å². The lowest BCUT2D eigenvalue weighted by atomic mass is 9.81. The number of aromatic nitrogens is 2. The molecule has 2 heterocycles. The molecule has 0 saturated heterocycles. The molecule has 0 N–H and O–H groups in total. The second-order valence-corrected chi connectivity index (χ2v) is 10.2. The second-order valence-electron chi connectivity index (χ2n) is 10.2. The molecule has 2 nitrogen and oxygen atoms in total. The topological polar surface area (TPSA) is 25.8 Å². The van der Waals surface area contributed by atoms with Gasteiger partial charge >= 0.3 is 0 Å². The van der Waals surface area contributed by atoms with Gasteiger partial charge in [0.15, 0.2) is 0 Å². The van der Waals surface area contributed by atoms with Gasteiger partial charge in [0.25, 0.3) is 0 Å². The lowest BCUT2D eigenvalue weighted by molar-refractivity contribution is 1.33. The predicted molar refractivity (Wildman–Crippen MR) is 183 cm³/mol. The van der Waals surface area contributed by atoms with Gasteiger partial charge in [-0.3, -0.25) is 9.97 Å². The van der Waals surface area contributed by atoms with Gasteiger partial charge in [-0.15, -0.1) is 0 Å². The van der Waals surface area contributed by atoms with Crippen LogP contribution in [0.2, 0.25) is 0 Å². The summed E-state index contributed by atoms with van der Waals surface area (Å²) in [5, 5.41) is 7.37. The Morgan fingerprint density at radius 2 is 0.929 bits per heavy atom. The molecule has 0 aliphatic rings. The van der Waals surface area contributed by atoms with Crippen molar-refractivity contribution in [3.63, 3.8) is 0 Å². The maximum Gasteiger partial charge on any atom is 0.0273 e. The molecule has 0 aliphatic heterocycles. The fourth-order valence-electron chi connectivity index (χ4n) is 6.09. The fourth-order valence-corrected chi connectivity index (χ4v) is 6.09. The van der Waals surface area contributed by atoms with Crippen LogP contribution in [-0.4, -0.2) is 9.97 Å². The summed E-state index contributed by atoms with van der Waals surface area (Å²) < 4.78 is 0. The van der Waals surface area contributed by atoms with Crippen LogP contribution in [0.5, 0.6) is 0 Å². The second kappa shape index (κ2) is 11.6. The molecule has 0 radical (unpaired) electrons. The largest absolute Gasteiger partial charge is 0.265 e. The Balaban J connectivity index is 1.88. The molecule has 0 spiro atoms. The van der Waals surface area contributed by atoms with Crippen LogP contribution in [0.25, 0.3) is 65.7 Å². The van der Waals surface area contributed by atoms with Crippen molar-refractivity contribution in [2.45, 2.75) is 13.8 Å². The maximum atomic E-state index is 4.30. The third-order valence-corrected chi connectivity index (χ3v) is 7.79. The van der Waals surface area contributed by atoms with Crippen molar-refractivity contribution in [3.8, 4) is 22.3 Å². The molecule has 0 aliphatic carbocycles. The summed E-state index contributed by atoms with van der Waals surface area (Å²) in [7, 11) is 0. The van der Waals surface area contributed by atoms with E-state index >= 15 is 0 Å². The van der Waals surface area contributed by atoms with E-state index in [0.717, 1.165) is 22.3 Å². The fraction of sp³-hybridized carbons (Fsp3) is 0.0500. The number of hydrogen-bond acceptors (Lipinski definition) is 2. The molecule has 42 heavy (non-hydrogen) atoms. The van der Waals surface area contributed by atoms with Crippen LogP contribution < -0.4 is 0 Å². The van der Waals surface area contributed by atoms with Gasteiger partial charge in [-0.2, -0.15) is 0 Å². The van der Waals surface area contributed by atoms with Crippen molar-refractivity contribution in [2.24, 2.45) is 0 Å².